The molecule has 0 radical (unpaired) electrons. The van der Waals surface area contributed by atoms with E-state index >= 15 is 0 Å². The fourth-order valence-corrected chi connectivity index (χ4v) is 5.68. The summed E-state index contributed by atoms with van der Waals surface area (Å²) in [5, 5.41) is 3.04. The van der Waals surface area contributed by atoms with Gasteiger partial charge in [-0.15, -0.1) is 0 Å². The topological polar surface area (TPSA) is 117 Å². The van der Waals surface area contributed by atoms with Gasteiger partial charge in [0.1, 0.15) is 23.1 Å². The minimum atomic E-state index is -5.18. The number of rotatable bonds is 13. The van der Waals surface area contributed by atoms with Crippen LogP contribution in [0.1, 0.15) is 65.9 Å². The number of amides is 2. The first-order valence-corrected chi connectivity index (χ1v) is 17.1. The van der Waals surface area contributed by atoms with Crippen LogP contribution in [0.4, 0.5) is 35.4 Å². The van der Waals surface area contributed by atoms with Gasteiger partial charge >= 0.3 is 24.1 Å². The highest BCUT2D eigenvalue weighted by molar-refractivity contribution is 5.99. The Morgan fingerprint density at radius 1 is 1.04 bits per heavy atom. The molecule has 2 atom stereocenters. The first-order valence-electron chi connectivity index (χ1n) is 17.1. The minimum absolute atomic E-state index is 0.0335. The molecule has 1 N–H and O–H groups in total. The highest BCUT2D eigenvalue weighted by Gasteiger charge is 2.44. The molecular formula is C36H47F3N6O5. The number of nitrogens with zero attached hydrogens (tertiary/aromatic N) is 5. The molecule has 0 saturated carbocycles. The van der Waals surface area contributed by atoms with Crippen molar-refractivity contribution in [1.29, 1.82) is 0 Å². The van der Waals surface area contributed by atoms with Gasteiger partial charge in [0.15, 0.2) is 5.82 Å². The van der Waals surface area contributed by atoms with Crippen LogP contribution in [0.15, 0.2) is 54.8 Å². The van der Waals surface area contributed by atoms with Gasteiger partial charge in [0.25, 0.3) is 0 Å². The summed E-state index contributed by atoms with van der Waals surface area (Å²) in [7, 11) is 0. The van der Waals surface area contributed by atoms with Gasteiger partial charge in [-0.2, -0.15) is 18.2 Å². The van der Waals surface area contributed by atoms with Crippen LogP contribution < -0.4 is 19.9 Å². The molecule has 1 fully saturated rings. The molecule has 0 spiro atoms. The van der Waals surface area contributed by atoms with Gasteiger partial charge in [-0.05, 0) is 83.9 Å². The van der Waals surface area contributed by atoms with Crippen LogP contribution in [0.3, 0.4) is 0 Å². The number of hydrogen-bond donors (Lipinski definition) is 1. The Kier molecular flexibility index (Phi) is 12.9. The van der Waals surface area contributed by atoms with Gasteiger partial charge in [0.05, 0.1) is 6.20 Å². The second-order valence-corrected chi connectivity index (χ2v) is 13.3. The number of ether oxygens (including phenoxy) is 2. The average Bonchev–Trinajstić information content (AvgIpc) is 3.61. The molecule has 14 heteroatoms. The van der Waals surface area contributed by atoms with Gasteiger partial charge < -0.3 is 24.6 Å². The number of anilines is 3. The Balaban J connectivity index is 1.69. The summed E-state index contributed by atoms with van der Waals surface area (Å²) in [6, 6.07) is 5.48. The summed E-state index contributed by atoms with van der Waals surface area (Å²) in [5.74, 6) is -2.38. The molecule has 272 valence electrons. The van der Waals surface area contributed by atoms with E-state index in [1.165, 1.54) is 6.20 Å². The highest BCUT2D eigenvalue weighted by Crippen LogP contribution is 2.32. The predicted molar refractivity (Wildman–Crippen MR) is 185 cm³/mol. The molecule has 2 aliphatic rings. The zero-order valence-corrected chi connectivity index (χ0v) is 29.3. The van der Waals surface area contributed by atoms with Crippen molar-refractivity contribution in [3.8, 4) is 5.75 Å². The molecule has 0 bridgehead atoms. The SMILES string of the molecule is CCN(CC)c1ncc(N(CCC2C=CC=CC2)C(=O)C(F)(F)F)c(N[C@@H](Cc2ccc(OC(=O)N3CCCC3)cc2)C(=O)OC(C)(C)C)n1. The quantitative estimate of drug-likeness (QED) is 0.228. The minimum Gasteiger partial charge on any atom is -0.458 e. The van der Waals surface area contributed by atoms with Crippen LogP contribution in [-0.2, 0) is 20.7 Å². The highest BCUT2D eigenvalue weighted by atomic mass is 19.4. The van der Waals surface area contributed by atoms with Crippen LogP contribution >= 0.6 is 0 Å². The van der Waals surface area contributed by atoms with Gasteiger partial charge in [-0.25, -0.2) is 14.6 Å². The van der Waals surface area contributed by atoms with Gasteiger partial charge in [-0.3, -0.25) is 9.69 Å². The van der Waals surface area contributed by atoms with Crippen molar-refractivity contribution in [1.82, 2.24) is 14.9 Å². The maximum Gasteiger partial charge on any atom is 0.471 e. The van der Waals surface area contributed by atoms with Gasteiger partial charge in [0, 0.05) is 39.1 Å². The van der Waals surface area contributed by atoms with Crippen molar-refractivity contribution >= 4 is 35.4 Å². The van der Waals surface area contributed by atoms with E-state index in [1.54, 1.807) is 54.8 Å². The first kappa shape index (κ1) is 38.2. The molecule has 50 heavy (non-hydrogen) atoms. The summed E-state index contributed by atoms with van der Waals surface area (Å²) in [6.45, 7) is 10.9. The zero-order chi connectivity index (χ0) is 36.5. The van der Waals surface area contributed by atoms with Gasteiger partial charge in [-0.1, -0.05) is 36.4 Å². The molecule has 11 nitrogen and oxygen atoms in total. The number of carbonyl (C=O) groups excluding carboxylic acids is 3. The van der Waals surface area contributed by atoms with Crippen molar-refractivity contribution in [2.24, 2.45) is 5.92 Å². The van der Waals surface area contributed by atoms with Crippen LogP contribution in [0, 0.1) is 5.92 Å². The van der Waals surface area contributed by atoms with Crippen molar-refractivity contribution in [2.75, 3.05) is 47.8 Å². The number of carbonyl (C=O) groups is 3. The van der Waals surface area contributed by atoms with Crippen molar-refractivity contribution in [3.63, 3.8) is 0 Å². The number of nitrogens with one attached hydrogen (secondary N) is 1. The number of halogens is 3. The molecule has 2 heterocycles. The smallest absolute Gasteiger partial charge is 0.458 e. The van der Waals surface area contributed by atoms with E-state index < -0.39 is 35.8 Å². The van der Waals surface area contributed by atoms with Crippen molar-refractivity contribution in [3.05, 3.63) is 60.3 Å². The van der Waals surface area contributed by atoms with E-state index in [9.17, 15) is 27.6 Å². The van der Waals surface area contributed by atoms with Crippen LogP contribution in [0.25, 0.3) is 0 Å². The second kappa shape index (κ2) is 16.9. The average molecular weight is 701 g/mol. The Morgan fingerprint density at radius 3 is 2.30 bits per heavy atom. The normalized spacial score (nSPS) is 16.6. The predicted octanol–water partition coefficient (Wildman–Crippen LogP) is 6.70. The van der Waals surface area contributed by atoms with E-state index in [-0.39, 0.29) is 42.8 Å². The first-order chi connectivity index (χ1) is 23.7. The third kappa shape index (κ3) is 10.7. The standard InChI is InChI=1S/C36H47F3N6O5/c1-6-43(7-2)33-40-24-29(45(32(47)36(37,38)39)22-19-25-13-9-8-10-14-25)30(42-33)41-28(31(46)50-35(3,4)5)23-26-15-17-27(18-16-26)49-34(48)44-20-11-12-21-44/h8-10,13,15-18,24-25,28H,6-7,11-12,14,19-23H2,1-5H3,(H,40,41,42)/t25?,28-/m0/s1. The Labute approximate surface area is 291 Å². The summed E-state index contributed by atoms with van der Waals surface area (Å²) >= 11 is 0. The number of esters is 1. The molecule has 2 aromatic rings. The lowest BCUT2D eigenvalue weighted by Crippen LogP contribution is -2.44. The summed E-state index contributed by atoms with van der Waals surface area (Å²) < 4.78 is 53.4. The van der Waals surface area contributed by atoms with Crippen LogP contribution in [0.2, 0.25) is 0 Å². The van der Waals surface area contributed by atoms with E-state index in [0.717, 1.165) is 12.8 Å². The lowest BCUT2D eigenvalue weighted by atomic mass is 9.97. The number of alkyl halides is 3. The zero-order valence-electron chi connectivity index (χ0n) is 29.3. The largest absolute Gasteiger partial charge is 0.471 e. The number of hydrogen-bond acceptors (Lipinski definition) is 9. The summed E-state index contributed by atoms with van der Waals surface area (Å²) in [4.78, 5) is 52.1. The van der Waals surface area contributed by atoms with E-state index in [1.807, 2.05) is 38.2 Å². The monoisotopic (exact) mass is 700 g/mol. The van der Waals surface area contributed by atoms with E-state index in [0.29, 0.717) is 48.8 Å². The fourth-order valence-electron chi connectivity index (χ4n) is 5.68. The number of likely N-dealkylation sites (tertiary alicyclic amines) is 1. The number of allylic oxidation sites excluding steroid dienone is 4. The number of aromatic nitrogens is 2. The lowest BCUT2D eigenvalue weighted by molar-refractivity contribution is -0.170. The molecule has 1 unspecified atom stereocenters. The van der Waals surface area contributed by atoms with Crippen LogP contribution in [0.5, 0.6) is 5.75 Å². The molecule has 1 aromatic carbocycles. The van der Waals surface area contributed by atoms with Gasteiger partial charge in [0.2, 0.25) is 5.95 Å². The second-order valence-electron chi connectivity index (χ2n) is 13.3. The van der Waals surface area contributed by atoms with E-state index in [4.69, 9.17) is 9.47 Å². The number of benzene rings is 1. The third-order valence-corrected chi connectivity index (χ3v) is 8.31. The van der Waals surface area contributed by atoms with Crippen LogP contribution in [-0.4, -0.2) is 83.4 Å². The maximum atomic E-state index is 14.1. The Morgan fingerprint density at radius 2 is 1.72 bits per heavy atom. The Hall–Kier alpha value is -4.62. The molecule has 1 saturated heterocycles. The fraction of sp³-hybridized carbons (Fsp3) is 0.528. The summed E-state index contributed by atoms with van der Waals surface area (Å²) in [5.41, 5.74) is -0.447. The molecule has 1 aromatic heterocycles. The lowest BCUT2D eigenvalue weighted by Gasteiger charge is -2.30. The molecule has 2 amide bonds. The summed E-state index contributed by atoms with van der Waals surface area (Å²) in [6.07, 6.45) is 5.86. The maximum absolute atomic E-state index is 14.1. The molecule has 1 aliphatic heterocycles. The van der Waals surface area contributed by atoms with E-state index in [2.05, 4.69) is 15.3 Å². The molecule has 4 rings (SSSR count). The Bertz CT molecular complexity index is 1530. The van der Waals surface area contributed by atoms with Crippen molar-refractivity contribution < 1.29 is 37.0 Å². The third-order valence-electron chi connectivity index (χ3n) is 8.31. The van der Waals surface area contributed by atoms with Crippen molar-refractivity contribution in [2.45, 2.75) is 84.5 Å². The molecular weight excluding hydrogens is 653 g/mol. The molecule has 1 aliphatic carbocycles.